The van der Waals surface area contributed by atoms with Crippen LogP contribution >= 0.6 is 0 Å². The molecule has 0 radical (unpaired) electrons. The molecule has 0 bridgehead atoms. The Morgan fingerprint density at radius 3 is 2.62 bits per heavy atom. The molecule has 1 saturated heterocycles. The maximum Gasteiger partial charge on any atom is 0.272 e. The molecule has 2 saturated carbocycles. The summed E-state index contributed by atoms with van der Waals surface area (Å²) in [6.45, 7) is 3.17. The highest BCUT2D eigenvalue weighted by atomic mass is 32.2. The number of carbonyl (C=O) groups is 4. The summed E-state index contributed by atoms with van der Waals surface area (Å²) in [5, 5.41) is 9.83. The van der Waals surface area contributed by atoms with Crippen molar-refractivity contribution < 1.29 is 36.7 Å². The third kappa shape index (κ3) is 7.35. The molecule has 1 unspecified atom stereocenters. The SMILES string of the molecule is Cc1nc2ccc(F)cc2nc1O[C@@H]1C[C@H]2C(=O)N[C@]3(C(=O)NS(=O)(=O)C4(C)CC4)CC3/C=C\CCCCC[C@H](NC(=O)c3ccn(C)n3)C(=O)N2C1. The van der Waals surface area contributed by atoms with E-state index in [1.165, 1.54) is 33.8 Å². The number of aryl methyl sites for hydroxylation is 2. The van der Waals surface area contributed by atoms with Gasteiger partial charge in [-0.25, -0.2) is 22.8 Å². The average Bonchev–Trinajstić information content (AvgIpc) is 3.91. The summed E-state index contributed by atoms with van der Waals surface area (Å²) in [4.78, 5) is 66.2. The van der Waals surface area contributed by atoms with Gasteiger partial charge in [0.2, 0.25) is 27.7 Å². The Hall–Kier alpha value is -4.93. The number of benzene rings is 1. The maximum absolute atomic E-state index is 14.5. The summed E-state index contributed by atoms with van der Waals surface area (Å²) >= 11 is 0. The molecule has 1 aromatic carbocycles. The molecule has 7 rings (SSSR count). The quantitative estimate of drug-likeness (QED) is 0.302. The maximum atomic E-state index is 14.5. The van der Waals surface area contributed by atoms with E-state index in [1.807, 2.05) is 12.2 Å². The van der Waals surface area contributed by atoms with Crippen molar-refractivity contribution in [3.8, 4) is 5.88 Å². The number of fused-ring (bicyclic) bond motifs is 3. The van der Waals surface area contributed by atoms with Crippen molar-refractivity contribution in [2.75, 3.05) is 6.54 Å². The minimum atomic E-state index is -4.01. The normalized spacial score (nSPS) is 27.7. The van der Waals surface area contributed by atoms with E-state index < -0.39 is 73.9 Å². The number of allylic oxidation sites excluding steroid dienone is 1. The summed E-state index contributed by atoms with van der Waals surface area (Å²) in [5.41, 5.74) is -0.274. The number of aromatic nitrogens is 4. The van der Waals surface area contributed by atoms with Gasteiger partial charge in [0.05, 0.1) is 22.3 Å². The van der Waals surface area contributed by atoms with Gasteiger partial charge in [-0.15, -0.1) is 0 Å². The second-order valence-electron chi connectivity index (χ2n) is 14.9. The fourth-order valence-electron chi connectivity index (χ4n) is 7.08. The number of nitrogens with zero attached hydrogens (tertiary/aromatic N) is 5. The first-order chi connectivity index (χ1) is 25.2. The van der Waals surface area contributed by atoms with Crippen molar-refractivity contribution >= 4 is 44.7 Å². The van der Waals surface area contributed by atoms with E-state index in [0.717, 1.165) is 12.8 Å². The fourth-order valence-corrected chi connectivity index (χ4v) is 8.40. The van der Waals surface area contributed by atoms with E-state index in [4.69, 9.17) is 4.74 Å². The van der Waals surface area contributed by atoms with Crippen LogP contribution in [-0.2, 0) is 31.5 Å². The van der Waals surface area contributed by atoms with Gasteiger partial charge in [0.25, 0.3) is 11.8 Å². The van der Waals surface area contributed by atoms with E-state index in [2.05, 4.69) is 30.4 Å². The topological polar surface area (TPSA) is 195 Å². The van der Waals surface area contributed by atoms with Crippen LogP contribution in [0.3, 0.4) is 0 Å². The summed E-state index contributed by atoms with van der Waals surface area (Å²) < 4.78 is 49.2. The minimum Gasteiger partial charge on any atom is -0.471 e. The van der Waals surface area contributed by atoms with Gasteiger partial charge in [0.1, 0.15) is 40.9 Å². The Morgan fingerprint density at radius 1 is 1.09 bits per heavy atom. The van der Waals surface area contributed by atoms with Gasteiger partial charge in [0, 0.05) is 31.6 Å². The monoisotopic (exact) mass is 750 g/mol. The molecule has 53 heavy (non-hydrogen) atoms. The summed E-state index contributed by atoms with van der Waals surface area (Å²) in [6, 6.07) is 3.37. The lowest BCUT2D eigenvalue weighted by molar-refractivity contribution is -0.141. The van der Waals surface area contributed by atoms with Crippen LogP contribution in [0.4, 0.5) is 4.39 Å². The van der Waals surface area contributed by atoms with Crippen LogP contribution in [0.5, 0.6) is 5.88 Å². The zero-order chi connectivity index (χ0) is 37.7. The number of sulfonamides is 1. The van der Waals surface area contributed by atoms with Crippen LogP contribution in [-0.4, -0.2) is 91.7 Å². The zero-order valence-electron chi connectivity index (χ0n) is 29.8. The number of amides is 4. The van der Waals surface area contributed by atoms with E-state index in [1.54, 1.807) is 27.1 Å². The number of hydrogen-bond donors (Lipinski definition) is 3. The molecule has 2 aliphatic carbocycles. The number of halogens is 1. The van der Waals surface area contributed by atoms with Crippen molar-refractivity contribution in [2.45, 2.75) is 100 Å². The lowest BCUT2D eigenvalue weighted by atomic mass is 10.0. The second kappa shape index (κ2) is 13.8. The first-order valence-electron chi connectivity index (χ1n) is 17.9. The summed E-state index contributed by atoms with van der Waals surface area (Å²) in [6.07, 6.45) is 8.70. The summed E-state index contributed by atoms with van der Waals surface area (Å²) in [5.74, 6) is -3.42. The van der Waals surface area contributed by atoms with Gasteiger partial charge in [-0.3, -0.25) is 28.6 Å². The van der Waals surface area contributed by atoms with E-state index in [0.29, 0.717) is 43.3 Å². The predicted octanol–water partition coefficient (Wildman–Crippen LogP) is 2.35. The van der Waals surface area contributed by atoms with Gasteiger partial charge in [-0.2, -0.15) is 5.10 Å². The highest BCUT2D eigenvalue weighted by molar-refractivity contribution is 7.91. The third-order valence-corrected chi connectivity index (χ3v) is 12.9. The van der Waals surface area contributed by atoms with Crippen LogP contribution in [0.1, 0.15) is 80.9 Å². The van der Waals surface area contributed by atoms with Crippen molar-refractivity contribution in [1.82, 2.24) is 40.0 Å². The molecule has 282 valence electrons. The second-order valence-corrected chi connectivity index (χ2v) is 17.0. The van der Waals surface area contributed by atoms with Crippen LogP contribution in [0.15, 0.2) is 42.6 Å². The highest BCUT2D eigenvalue weighted by Gasteiger charge is 2.63. The number of hydrogen-bond acceptors (Lipinski definition) is 10. The fraction of sp³-hybridized carbons (Fsp3) is 0.528. The van der Waals surface area contributed by atoms with Crippen LogP contribution in [0.25, 0.3) is 11.0 Å². The number of nitrogens with one attached hydrogen (secondary N) is 3. The molecule has 4 aliphatic rings. The van der Waals surface area contributed by atoms with Crippen LogP contribution in [0.2, 0.25) is 0 Å². The van der Waals surface area contributed by atoms with Gasteiger partial charge in [0.15, 0.2) is 0 Å². The smallest absolute Gasteiger partial charge is 0.272 e. The largest absolute Gasteiger partial charge is 0.471 e. The number of ether oxygens (including phenoxy) is 1. The Labute approximate surface area is 306 Å². The molecule has 0 spiro atoms. The van der Waals surface area contributed by atoms with Crippen molar-refractivity contribution in [2.24, 2.45) is 13.0 Å². The Kier molecular flexibility index (Phi) is 9.49. The van der Waals surface area contributed by atoms with Gasteiger partial charge in [-0.1, -0.05) is 25.0 Å². The Balaban J connectivity index is 1.20. The molecule has 5 atom stereocenters. The van der Waals surface area contributed by atoms with Crippen molar-refractivity contribution in [3.05, 3.63) is 59.8 Å². The van der Waals surface area contributed by atoms with E-state index in [-0.39, 0.29) is 36.5 Å². The van der Waals surface area contributed by atoms with Gasteiger partial charge < -0.3 is 20.3 Å². The molecule has 4 heterocycles. The molecule has 3 aromatic rings. The standard InChI is InChI=1S/C36H43FN8O7S/c1-21-32(40-28-17-23(37)11-12-25(28)38-21)52-24-18-29-31(47)41-36(34(49)43-53(50,51)35(2)14-15-35)19-22(36)9-7-5-4-6-8-10-27(33(48)45(29)20-24)39-30(46)26-13-16-44(3)42-26/h7,9,11-13,16-17,22,24,27,29H,4-6,8,10,14-15,18-20H2,1-3H3,(H,39,46)(H,41,47)(H,43,49)/b9-7-/t22?,24-,27+,29+,36-/m1/s1. The van der Waals surface area contributed by atoms with E-state index in [9.17, 15) is 32.0 Å². The molecule has 3 fully saturated rings. The van der Waals surface area contributed by atoms with Crippen molar-refractivity contribution in [3.63, 3.8) is 0 Å². The first kappa shape index (κ1) is 36.4. The minimum absolute atomic E-state index is 0.0185. The van der Waals surface area contributed by atoms with E-state index >= 15 is 0 Å². The number of rotatable bonds is 7. The average molecular weight is 751 g/mol. The molecule has 3 N–H and O–H groups in total. The molecule has 15 nitrogen and oxygen atoms in total. The Bertz CT molecular complexity index is 2120. The van der Waals surface area contributed by atoms with Gasteiger partial charge >= 0.3 is 0 Å². The Morgan fingerprint density at radius 2 is 1.89 bits per heavy atom. The highest BCUT2D eigenvalue weighted by Crippen LogP contribution is 2.47. The molecule has 17 heteroatoms. The molecule has 4 amide bonds. The predicted molar refractivity (Wildman–Crippen MR) is 189 cm³/mol. The van der Waals surface area contributed by atoms with Crippen LogP contribution < -0.4 is 20.1 Å². The zero-order valence-corrected chi connectivity index (χ0v) is 30.6. The molecular weight excluding hydrogens is 708 g/mol. The molecule has 2 aliphatic heterocycles. The summed E-state index contributed by atoms with van der Waals surface area (Å²) in [7, 11) is -2.33. The van der Waals surface area contributed by atoms with Crippen LogP contribution in [0, 0.1) is 18.7 Å². The lowest BCUT2D eigenvalue weighted by Crippen LogP contribution is -2.58. The number of carbonyl (C=O) groups excluding carboxylic acids is 4. The lowest BCUT2D eigenvalue weighted by Gasteiger charge is -2.30. The third-order valence-electron chi connectivity index (χ3n) is 10.8. The first-order valence-corrected chi connectivity index (χ1v) is 19.4. The molecule has 2 aromatic heterocycles. The van der Waals surface area contributed by atoms with Crippen molar-refractivity contribution in [1.29, 1.82) is 0 Å². The molecular formula is C36H43FN8O7S. The van der Waals surface area contributed by atoms with Gasteiger partial charge in [-0.05, 0) is 70.6 Å².